The molecule has 2 aromatic rings. The lowest BCUT2D eigenvalue weighted by Gasteiger charge is -2.14. The van der Waals surface area contributed by atoms with Gasteiger partial charge < -0.3 is 10.1 Å². The Hall–Kier alpha value is -0.610. The van der Waals surface area contributed by atoms with Crippen LogP contribution in [0.3, 0.4) is 0 Å². The first-order chi connectivity index (χ1) is 10.0. The van der Waals surface area contributed by atoms with Crippen molar-refractivity contribution in [1.29, 1.82) is 0 Å². The molecule has 3 rings (SSSR count). The van der Waals surface area contributed by atoms with Crippen LogP contribution in [-0.4, -0.2) is 12.6 Å². The van der Waals surface area contributed by atoms with E-state index in [1.54, 1.807) is 12.1 Å². The lowest BCUT2D eigenvalue weighted by molar-refractivity contribution is 0.246. The zero-order chi connectivity index (χ0) is 15.0. The molecule has 0 radical (unpaired) electrons. The highest BCUT2D eigenvalue weighted by atomic mass is 79.9. The van der Waals surface area contributed by atoms with E-state index in [2.05, 4.69) is 27.3 Å². The number of rotatable bonds is 3. The molecular weight excluding hydrogens is 396 g/mol. The second-order valence-electron chi connectivity index (χ2n) is 4.82. The maximum atomic E-state index is 6.14. The average molecular weight is 408 g/mol. The number of fused-ring (bicyclic) bond motifs is 1. The van der Waals surface area contributed by atoms with Gasteiger partial charge >= 0.3 is 0 Å². The van der Waals surface area contributed by atoms with Gasteiger partial charge in [0.2, 0.25) is 0 Å². The fourth-order valence-electron chi connectivity index (χ4n) is 2.28. The summed E-state index contributed by atoms with van der Waals surface area (Å²) in [7, 11) is 0. The van der Waals surface area contributed by atoms with Crippen LogP contribution in [0.15, 0.2) is 34.8 Å². The van der Waals surface area contributed by atoms with E-state index in [9.17, 15) is 0 Å². The smallest absolute Gasteiger partial charge is 0.123 e. The van der Waals surface area contributed by atoms with Gasteiger partial charge in [-0.15, -0.1) is 0 Å². The fourth-order valence-corrected chi connectivity index (χ4v) is 3.31. The maximum Gasteiger partial charge on any atom is 0.123 e. The van der Waals surface area contributed by atoms with Gasteiger partial charge in [0.1, 0.15) is 11.9 Å². The van der Waals surface area contributed by atoms with Crippen molar-refractivity contribution in [1.82, 2.24) is 0 Å². The number of hydrogen-bond donors (Lipinski definition) is 1. The van der Waals surface area contributed by atoms with E-state index in [4.69, 9.17) is 39.5 Å². The van der Waals surface area contributed by atoms with E-state index in [1.807, 2.05) is 12.1 Å². The Morgan fingerprint density at radius 1 is 1.10 bits per heavy atom. The van der Waals surface area contributed by atoms with Gasteiger partial charge in [0.25, 0.3) is 0 Å². The van der Waals surface area contributed by atoms with Crippen molar-refractivity contribution in [3.8, 4) is 5.75 Å². The van der Waals surface area contributed by atoms with Crippen LogP contribution in [0.4, 0.5) is 5.69 Å². The van der Waals surface area contributed by atoms with Gasteiger partial charge in [0.05, 0.1) is 27.3 Å². The molecule has 0 bridgehead atoms. The zero-order valence-electron chi connectivity index (χ0n) is 10.8. The largest absolute Gasteiger partial charge is 0.488 e. The molecule has 1 N–H and O–H groups in total. The van der Waals surface area contributed by atoms with Gasteiger partial charge in [-0.25, -0.2) is 0 Å². The molecule has 0 amide bonds. The van der Waals surface area contributed by atoms with Crippen LogP contribution in [0, 0.1) is 0 Å². The van der Waals surface area contributed by atoms with Crippen LogP contribution in [0.5, 0.6) is 5.75 Å². The van der Waals surface area contributed by atoms with E-state index in [-0.39, 0.29) is 6.10 Å². The molecule has 21 heavy (non-hydrogen) atoms. The van der Waals surface area contributed by atoms with Crippen molar-refractivity contribution in [2.75, 3.05) is 11.9 Å². The maximum absolute atomic E-state index is 6.14. The molecule has 1 aliphatic rings. The molecule has 0 fully saturated rings. The standard InChI is InChI=1S/C15H11BrCl3NO/c16-9-1-2-15-8(3-9)4-10(21-15)7-20-14-6-12(18)11(17)5-13(14)19/h1-3,5-6,10,20H,4,7H2. The summed E-state index contributed by atoms with van der Waals surface area (Å²) >= 11 is 21.5. The summed E-state index contributed by atoms with van der Waals surface area (Å²) in [6, 6.07) is 9.40. The Balaban J connectivity index is 1.66. The second kappa shape index (κ2) is 6.25. The molecule has 1 atom stereocenters. The van der Waals surface area contributed by atoms with Crippen molar-refractivity contribution in [2.45, 2.75) is 12.5 Å². The number of anilines is 1. The topological polar surface area (TPSA) is 21.3 Å². The monoisotopic (exact) mass is 405 g/mol. The molecule has 0 aliphatic carbocycles. The summed E-state index contributed by atoms with van der Waals surface area (Å²) in [5, 5.41) is 4.73. The average Bonchev–Trinajstić information content (AvgIpc) is 2.83. The van der Waals surface area contributed by atoms with Crippen LogP contribution in [0.25, 0.3) is 0 Å². The first-order valence-electron chi connectivity index (χ1n) is 6.36. The Morgan fingerprint density at radius 2 is 1.86 bits per heavy atom. The first-order valence-corrected chi connectivity index (χ1v) is 8.29. The molecule has 1 heterocycles. The highest BCUT2D eigenvalue weighted by Crippen LogP contribution is 2.34. The van der Waals surface area contributed by atoms with Crippen molar-refractivity contribution in [3.05, 3.63) is 55.4 Å². The van der Waals surface area contributed by atoms with E-state index in [0.717, 1.165) is 22.3 Å². The molecule has 6 heteroatoms. The van der Waals surface area contributed by atoms with E-state index in [1.165, 1.54) is 5.56 Å². The molecule has 0 saturated carbocycles. The molecular formula is C15H11BrCl3NO. The SMILES string of the molecule is Clc1cc(Cl)c(NCC2Cc3cc(Br)ccc3O2)cc1Cl. The summed E-state index contributed by atoms with van der Waals surface area (Å²) in [4.78, 5) is 0. The van der Waals surface area contributed by atoms with Crippen LogP contribution in [0.1, 0.15) is 5.56 Å². The van der Waals surface area contributed by atoms with Crippen molar-refractivity contribution in [2.24, 2.45) is 0 Å². The third-order valence-corrected chi connectivity index (χ3v) is 4.82. The van der Waals surface area contributed by atoms with Crippen molar-refractivity contribution in [3.63, 3.8) is 0 Å². The van der Waals surface area contributed by atoms with Gasteiger partial charge in [0, 0.05) is 10.9 Å². The first kappa shape index (κ1) is 15.3. The number of benzene rings is 2. The zero-order valence-corrected chi connectivity index (χ0v) is 14.7. The molecule has 0 saturated heterocycles. The normalized spacial score (nSPS) is 16.5. The molecule has 2 nitrogen and oxygen atoms in total. The van der Waals surface area contributed by atoms with E-state index >= 15 is 0 Å². The minimum Gasteiger partial charge on any atom is -0.488 e. The number of hydrogen-bond acceptors (Lipinski definition) is 2. The summed E-state index contributed by atoms with van der Waals surface area (Å²) in [5.74, 6) is 0.935. The van der Waals surface area contributed by atoms with Gasteiger partial charge in [0.15, 0.2) is 0 Å². The highest BCUT2D eigenvalue weighted by Gasteiger charge is 2.23. The summed E-state index contributed by atoms with van der Waals surface area (Å²) in [5.41, 5.74) is 1.96. The van der Waals surface area contributed by atoms with Crippen molar-refractivity contribution >= 4 is 56.4 Å². The number of ether oxygens (including phenoxy) is 1. The Kier molecular flexibility index (Phi) is 4.55. The highest BCUT2D eigenvalue weighted by molar-refractivity contribution is 9.10. The Labute approximate surface area is 146 Å². The second-order valence-corrected chi connectivity index (χ2v) is 6.96. The molecule has 1 unspecified atom stereocenters. The molecule has 0 aromatic heterocycles. The minimum absolute atomic E-state index is 0.0693. The van der Waals surface area contributed by atoms with Crippen molar-refractivity contribution < 1.29 is 4.74 Å². The Morgan fingerprint density at radius 3 is 2.67 bits per heavy atom. The van der Waals surface area contributed by atoms with Crippen LogP contribution >= 0.6 is 50.7 Å². The van der Waals surface area contributed by atoms with Crippen LogP contribution in [0.2, 0.25) is 15.1 Å². The summed E-state index contributed by atoms with van der Waals surface area (Å²) < 4.78 is 6.95. The fraction of sp³-hybridized carbons (Fsp3) is 0.200. The van der Waals surface area contributed by atoms with Gasteiger partial charge in [-0.3, -0.25) is 0 Å². The summed E-state index contributed by atoms with van der Waals surface area (Å²) in [6.45, 7) is 0.643. The molecule has 1 aliphatic heterocycles. The minimum atomic E-state index is 0.0693. The van der Waals surface area contributed by atoms with Gasteiger partial charge in [-0.05, 0) is 35.9 Å². The third kappa shape index (κ3) is 3.42. The van der Waals surface area contributed by atoms with E-state index in [0.29, 0.717) is 21.6 Å². The predicted octanol–water partition coefficient (Wildman–Crippen LogP) is 5.82. The van der Waals surface area contributed by atoms with Crippen LogP contribution < -0.4 is 10.1 Å². The van der Waals surface area contributed by atoms with E-state index < -0.39 is 0 Å². The predicted molar refractivity (Wildman–Crippen MR) is 92.2 cm³/mol. The quantitative estimate of drug-likeness (QED) is 0.647. The molecule has 2 aromatic carbocycles. The number of nitrogens with one attached hydrogen (secondary N) is 1. The molecule has 0 spiro atoms. The van der Waals surface area contributed by atoms with Crippen LogP contribution in [-0.2, 0) is 6.42 Å². The summed E-state index contributed by atoms with van der Waals surface area (Å²) in [6.07, 6.45) is 0.931. The Bertz CT molecular complexity index is 693. The lowest BCUT2D eigenvalue weighted by atomic mass is 10.1. The molecule has 110 valence electrons. The van der Waals surface area contributed by atoms with Gasteiger partial charge in [-0.2, -0.15) is 0 Å². The third-order valence-electron chi connectivity index (χ3n) is 3.29. The lowest BCUT2D eigenvalue weighted by Crippen LogP contribution is -2.24. The van der Waals surface area contributed by atoms with Gasteiger partial charge in [-0.1, -0.05) is 50.7 Å². The number of halogens is 4.